The predicted octanol–water partition coefficient (Wildman–Crippen LogP) is 1.89. The van der Waals surface area contributed by atoms with Gasteiger partial charge in [-0.3, -0.25) is 19.7 Å². The molecule has 0 radical (unpaired) electrons. The van der Waals surface area contributed by atoms with Gasteiger partial charge in [0, 0.05) is 30.8 Å². The van der Waals surface area contributed by atoms with E-state index in [0.29, 0.717) is 24.2 Å². The molecule has 3 rings (SSSR count). The first kappa shape index (κ1) is 21.0. The van der Waals surface area contributed by atoms with Crippen LogP contribution in [0.1, 0.15) is 41.3 Å². The number of hydrogen-bond acceptors (Lipinski definition) is 4. The fourth-order valence-corrected chi connectivity index (χ4v) is 3.43. The molecule has 0 spiro atoms. The molecule has 30 heavy (non-hydrogen) atoms. The van der Waals surface area contributed by atoms with Gasteiger partial charge in [-0.05, 0) is 36.6 Å². The van der Waals surface area contributed by atoms with Crippen molar-refractivity contribution in [2.45, 2.75) is 38.9 Å². The summed E-state index contributed by atoms with van der Waals surface area (Å²) in [6, 6.07) is 4.30. The van der Waals surface area contributed by atoms with E-state index in [9.17, 15) is 19.2 Å². The van der Waals surface area contributed by atoms with Gasteiger partial charge in [0.1, 0.15) is 6.04 Å². The summed E-state index contributed by atoms with van der Waals surface area (Å²) in [7, 11) is 0. The van der Waals surface area contributed by atoms with Crippen LogP contribution in [0.5, 0.6) is 0 Å². The van der Waals surface area contributed by atoms with Crippen molar-refractivity contribution >= 4 is 23.8 Å². The van der Waals surface area contributed by atoms with Gasteiger partial charge in [-0.1, -0.05) is 36.9 Å². The molecule has 156 valence electrons. The first-order valence-electron chi connectivity index (χ1n) is 9.68. The van der Waals surface area contributed by atoms with Gasteiger partial charge >= 0.3 is 6.03 Å². The lowest BCUT2D eigenvalue weighted by molar-refractivity contribution is -0.136. The lowest BCUT2D eigenvalue weighted by atomic mass is 10.0. The highest BCUT2D eigenvalue weighted by Gasteiger charge is 2.38. The monoisotopic (exact) mass is 408 g/mol. The van der Waals surface area contributed by atoms with Gasteiger partial charge in [0.25, 0.3) is 5.91 Å². The molecule has 8 heteroatoms. The van der Waals surface area contributed by atoms with Crippen LogP contribution in [0.2, 0.25) is 0 Å². The first-order chi connectivity index (χ1) is 14.4. The van der Waals surface area contributed by atoms with E-state index in [1.165, 1.54) is 4.90 Å². The van der Waals surface area contributed by atoms with Crippen molar-refractivity contribution in [1.82, 2.24) is 20.9 Å². The standard InChI is InChI=1S/C22H24N4O4/c1-3-4-5-6-14(2)24-22(30)23-12-15-7-8-17-16(11-15)13-26(21(17)29)18-9-10-19(27)25-20(18)28/h3-8,11,18H,2,9-10,12-13H2,1H3,(H2,23,24,30)(H,25,27,28)/b4-3-,6-5-. The highest BCUT2D eigenvalue weighted by atomic mass is 16.2. The molecule has 2 heterocycles. The molecule has 0 bridgehead atoms. The van der Waals surface area contributed by atoms with E-state index < -0.39 is 11.9 Å². The summed E-state index contributed by atoms with van der Waals surface area (Å²) in [5.41, 5.74) is 2.63. The molecular weight excluding hydrogens is 384 g/mol. The zero-order valence-electron chi connectivity index (χ0n) is 16.7. The molecule has 1 saturated heterocycles. The summed E-state index contributed by atoms with van der Waals surface area (Å²) >= 11 is 0. The third kappa shape index (κ3) is 4.83. The number of nitrogens with one attached hydrogen (secondary N) is 3. The molecule has 3 N–H and O–H groups in total. The van der Waals surface area contributed by atoms with Gasteiger partial charge < -0.3 is 15.5 Å². The molecule has 1 aromatic rings. The van der Waals surface area contributed by atoms with Crippen molar-refractivity contribution in [2.75, 3.05) is 0 Å². The van der Waals surface area contributed by atoms with E-state index in [1.807, 2.05) is 25.1 Å². The molecule has 0 aromatic heterocycles. The number of hydrogen-bond donors (Lipinski definition) is 3. The van der Waals surface area contributed by atoms with Crippen molar-refractivity contribution in [2.24, 2.45) is 0 Å². The topological polar surface area (TPSA) is 108 Å². The fraction of sp³-hybridized carbons (Fsp3) is 0.273. The second-order valence-electron chi connectivity index (χ2n) is 7.11. The summed E-state index contributed by atoms with van der Waals surface area (Å²) < 4.78 is 0. The van der Waals surface area contributed by atoms with Gasteiger partial charge in [0.2, 0.25) is 11.8 Å². The zero-order valence-corrected chi connectivity index (χ0v) is 16.7. The van der Waals surface area contributed by atoms with Gasteiger partial charge in [-0.2, -0.15) is 0 Å². The van der Waals surface area contributed by atoms with E-state index >= 15 is 0 Å². The van der Waals surface area contributed by atoms with Crippen LogP contribution in [0.25, 0.3) is 0 Å². The number of allylic oxidation sites excluding steroid dienone is 4. The molecule has 8 nitrogen and oxygen atoms in total. The van der Waals surface area contributed by atoms with Crippen LogP contribution in [0.15, 0.2) is 54.8 Å². The van der Waals surface area contributed by atoms with E-state index in [1.54, 1.807) is 24.3 Å². The van der Waals surface area contributed by atoms with Crippen LogP contribution in [-0.4, -0.2) is 34.7 Å². The highest BCUT2D eigenvalue weighted by Crippen LogP contribution is 2.28. The maximum Gasteiger partial charge on any atom is 0.319 e. The van der Waals surface area contributed by atoms with Gasteiger partial charge in [-0.25, -0.2) is 4.79 Å². The molecule has 1 unspecified atom stereocenters. The van der Waals surface area contributed by atoms with E-state index in [4.69, 9.17) is 0 Å². The molecule has 0 aliphatic carbocycles. The molecule has 5 amide bonds. The predicted molar refractivity (Wildman–Crippen MR) is 111 cm³/mol. The van der Waals surface area contributed by atoms with Crippen LogP contribution < -0.4 is 16.0 Å². The third-order valence-electron chi connectivity index (χ3n) is 4.92. The van der Waals surface area contributed by atoms with Crippen molar-refractivity contribution in [1.29, 1.82) is 0 Å². The largest absolute Gasteiger partial charge is 0.334 e. The second-order valence-corrected chi connectivity index (χ2v) is 7.11. The lowest BCUT2D eigenvalue weighted by Gasteiger charge is -2.29. The molecule has 1 aromatic carbocycles. The summed E-state index contributed by atoms with van der Waals surface area (Å²) in [6.45, 7) is 6.22. The number of rotatable bonds is 6. The van der Waals surface area contributed by atoms with Crippen molar-refractivity contribution < 1.29 is 19.2 Å². The first-order valence-corrected chi connectivity index (χ1v) is 9.68. The molecule has 0 saturated carbocycles. The average molecular weight is 408 g/mol. The lowest BCUT2D eigenvalue weighted by Crippen LogP contribution is -2.52. The summed E-state index contributed by atoms with van der Waals surface area (Å²) in [6.07, 6.45) is 7.69. The van der Waals surface area contributed by atoms with E-state index in [2.05, 4.69) is 22.5 Å². The van der Waals surface area contributed by atoms with Crippen LogP contribution >= 0.6 is 0 Å². The van der Waals surface area contributed by atoms with Crippen molar-refractivity contribution in [3.8, 4) is 0 Å². The molecule has 1 atom stereocenters. The maximum absolute atomic E-state index is 12.7. The van der Waals surface area contributed by atoms with Gasteiger partial charge in [0.15, 0.2) is 0 Å². The quantitative estimate of drug-likeness (QED) is 0.493. The number of amides is 5. The molecule has 2 aliphatic rings. The summed E-state index contributed by atoms with van der Waals surface area (Å²) in [4.78, 5) is 49.6. The highest BCUT2D eigenvalue weighted by molar-refractivity contribution is 6.05. The van der Waals surface area contributed by atoms with Gasteiger partial charge in [0.05, 0.1) is 0 Å². The van der Waals surface area contributed by atoms with Gasteiger partial charge in [-0.15, -0.1) is 0 Å². The Bertz CT molecular complexity index is 964. The Labute approximate surface area is 174 Å². The summed E-state index contributed by atoms with van der Waals surface area (Å²) in [5.74, 6) is -0.970. The normalized spacial score (nSPS) is 18.6. The average Bonchev–Trinajstić information content (AvgIpc) is 3.02. The number of benzene rings is 1. The van der Waals surface area contributed by atoms with E-state index in [-0.39, 0.29) is 30.8 Å². The van der Waals surface area contributed by atoms with Crippen molar-refractivity contribution in [3.05, 3.63) is 71.5 Å². The minimum atomic E-state index is -0.642. The number of imide groups is 1. The van der Waals surface area contributed by atoms with Crippen LogP contribution in [0.4, 0.5) is 4.79 Å². The Morgan fingerprint density at radius 2 is 2.10 bits per heavy atom. The number of nitrogens with zero attached hydrogens (tertiary/aromatic N) is 1. The minimum absolute atomic E-state index is 0.218. The smallest absolute Gasteiger partial charge is 0.319 e. The zero-order chi connectivity index (χ0) is 21.7. The molecular formula is C22H24N4O4. The third-order valence-corrected chi connectivity index (χ3v) is 4.92. The molecule has 2 aliphatic heterocycles. The van der Waals surface area contributed by atoms with Crippen LogP contribution in [0, 0.1) is 0 Å². The molecule has 1 fully saturated rings. The Hall–Kier alpha value is -3.68. The van der Waals surface area contributed by atoms with Crippen LogP contribution in [-0.2, 0) is 22.7 Å². The maximum atomic E-state index is 12.7. The van der Waals surface area contributed by atoms with Crippen LogP contribution in [0.3, 0.4) is 0 Å². The Kier molecular flexibility index (Phi) is 6.46. The summed E-state index contributed by atoms with van der Waals surface area (Å²) in [5, 5.41) is 7.66. The number of fused-ring (bicyclic) bond motifs is 1. The number of carbonyl (C=O) groups is 4. The Morgan fingerprint density at radius 1 is 1.30 bits per heavy atom. The number of piperidine rings is 1. The van der Waals surface area contributed by atoms with E-state index in [0.717, 1.165) is 11.1 Å². The SMILES string of the molecule is C=C(/C=C\C=C/C)NC(=O)NCc1ccc2c(c1)CN(C1CCC(=O)NC1=O)C2=O. The second kappa shape index (κ2) is 9.21. The fourth-order valence-electron chi connectivity index (χ4n) is 3.43. The number of urea groups is 1. The van der Waals surface area contributed by atoms with Crippen molar-refractivity contribution in [3.63, 3.8) is 0 Å². The minimum Gasteiger partial charge on any atom is -0.334 e. The Morgan fingerprint density at radius 3 is 2.83 bits per heavy atom. The Balaban J connectivity index is 1.58. The number of carbonyl (C=O) groups excluding carboxylic acids is 4.